The summed E-state index contributed by atoms with van der Waals surface area (Å²) in [5, 5.41) is 9.00. The molecule has 0 heterocycles. The van der Waals surface area contributed by atoms with Gasteiger partial charge in [0.25, 0.3) is 0 Å². The highest BCUT2D eigenvalue weighted by Crippen LogP contribution is 2.29. The first kappa shape index (κ1) is 12.2. The number of benzene rings is 2. The fourth-order valence-electron chi connectivity index (χ4n) is 2.06. The monoisotopic (exact) mass is 237 g/mol. The van der Waals surface area contributed by atoms with E-state index in [1.165, 1.54) is 0 Å². The lowest BCUT2D eigenvalue weighted by Crippen LogP contribution is -2.00. The zero-order valence-electron chi connectivity index (χ0n) is 10.3. The smallest absolute Gasteiger partial charge is 0.119 e. The second-order valence-electron chi connectivity index (χ2n) is 4.10. The van der Waals surface area contributed by atoms with Crippen LogP contribution in [0.25, 0.3) is 0 Å². The molecule has 0 aliphatic carbocycles. The van der Waals surface area contributed by atoms with Crippen LogP contribution < -0.4 is 4.74 Å². The van der Waals surface area contributed by atoms with Crippen LogP contribution in [0.2, 0.25) is 0 Å². The largest absolute Gasteiger partial charge is 0.497 e. The second-order valence-corrected chi connectivity index (χ2v) is 4.10. The van der Waals surface area contributed by atoms with E-state index in [0.29, 0.717) is 6.42 Å². The normalized spacial score (nSPS) is 11.6. The molecule has 0 saturated heterocycles. The van der Waals surface area contributed by atoms with Gasteiger partial charge < -0.3 is 4.74 Å². The Morgan fingerprint density at radius 2 is 1.78 bits per heavy atom. The van der Waals surface area contributed by atoms with Crippen LogP contribution in [0.1, 0.15) is 23.5 Å². The zero-order valence-corrected chi connectivity index (χ0v) is 10.3. The molecule has 2 aromatic carbocycles. The van der Waals surface area contributed by atoms with Crippen LogP contribution in [-0.4, -0.2) is 7.11 Å². The molecular weight excluding hydrogens is 222 g/mol. The number of nitrogens with zero attached hydrogens (tertiary/aromatic N) is 1. The summed E-state index contributed by atoms with van der Waals surface area (Å²) < 4.78 is 5.24. The highest BCUT2D eigenvalue weighted by molar-refractivity contribution is 5.37. The van der Waals surface area contributed by atoms with Crippen molar-refractivity contribution >= 4 is 0 Å². The van der Waals surface area contributed by atoms with Crippen molar-refractivity contribution in [2.45, 2.75) is 12.3 Å². The number of ether oxygens (including phenoxy) is 1. The molecule has 0 saturated carbocycles. The molecule has 0 aromatic heterocycles. The van der Waals surface area contributed by atoms with E-state index in [2.05, 4.69) is 18.2 Å². The predicted molar refractivity (Wildman–Crippen MR) is 71.5 cm³/mol. The maximum Gasteiger partial charge on any atom is 0.119 e. The molecule has 0 bridgehead atoms. The van der Waals surface area contributed by atoms with Crippen molar-refractivity contribution in [3.8, 4) is 11.8 Å². The van der Waals surface area contributed by atoms with Crippen molar-refractivity contribution in [1.82, 2.24) is 0 Å². The summed E-state index contributed by atoms with van der Waals surface area (Å²) >= 11 is 0. The first-order valence-electron chi connectivity index (χ1n) is 5.91. The van der Waals surface area contributed by atoms with Gasteiger partial charge in [0, 0.05) is 12.3 Å². The first-order chi connectivity index (χ1) is 8.85. The Kier molecular flexibility index (Phi) is 3.98. The van der Waals surface area contributed by atoms with E-state index in [1.807, 2.05) is 42.5 Å². The molecule has 0 aliphatic heterocycles. The van der Waals surface area contributed by atoms with Crippen molar-refractivity contribution in [3.05, 3.63) is 65.7 Å². The van der Waals surface area contributed by atoms with Crippen LogP contribution in [0, 0.1) is 11.3 Å². The van der Waals surface area contributed by atoms with Gasteiger partial charge >= 0.3 is 0 Å². The van der Waals surface area contributed by atoms with Crippen LogP contribution in [0.4, 0.5) is 0 Å². The Hall–Kier alpha value is -2.27. The molecule has 0 amide bonds. The van der Waals surface area contributed by atoms with Gasteiger partial charge in [0.15, 0.2) is 0 Å². The van der Waals surface area contributed by atoms with E-state index < -0.39 is 0 Å². The van der Waals surface area contributed by atoms with Crippen molar-refractivity contribution in [2.24, 2.45) is 0 Å². The molecule has 0 fully saturated rings. The fraction of sp³-hybridized carbons (Fsp3) is 0.188. The quantitative estimate of drug-likeness (QED) is 0.811. The molecule has 0 radical (unpaired) electrons. The average Bonchev–Trinajstić information content (AvgIpc) is 2.46. The number of hydrogen-bond donors (Lipinski definition) is 0. The number of hydrogen-bond acceptors (Lipinski definition) is 2. The summed E-state index contributed by atoms with van der Waals surface area (Å²) in [5.74, 6) is 0.928. The first-order valence-corrected chi connectivity index (χ1v) is 5.91. The molecule has 2 nitrogen and oxygen atoms in total. The minimum Gasteiger partial charge on any atom is -0.497 e. The maximum atomic E-state index is 9.00. The Balaban J connectivity index is 2.39. The maximum absolute atomic E-state index is 9.00. The lowest BCUT2D eigenvalue weighted by molar-refractivity contribution is 0.414. The van der Waals surface area contributed by atoms with E-state index in [9.17, 15) is 0 Å². The summed E-state index contributed by atoms with van der Waals surface area (Å²) in [6.07, 6.45) is 0.469. The van der Waals surface area contributed by atoms with Crippen LogP contribution in [0.15, 0.2) is 54.6 Å². The van der Waals surface area contributed by atoms with E-state index in [0.717, 1.165) is 16.9 Å². The highest BCUT2D eigenvalue weighted by Gasteiger charge is 2.14. The summed E-state index contributed by atoms with van der Waals surface area (Å²) in [5.41, 5.74) is 2.27. The third kappa shape index (κ3) is 2.70. The van der Waals surface area contributed by atoms with E-state index in [4.69, 9.17) is 10.00 Å². The zero-order chi connectivity index (χ0) is 12.8. The molecule has 1 unspecified atom stereocenters. The van der Waals surface area contributed by atoms with Gasteiger partial charge in [-0.3, -0.25) is 0 Å². The number of methoxy groups -OCH3 is 1. The van der Waals surface area contributed by atoms with Crippen LogP contribution in [0.3, 0.4) is 0 Å². The van der Waals surface area contributed by atoms with Crippen LogP contribution in [-0.2, 0) is 0 Å². The minimum absolute atomic E-state index is 0.103. The second kappa shape index (κ2) is 5.88. The van der Waals surface area contributed by atoms with Gasteiger partial charge in [0.2, 0.25) is 0 Å². The molecule has 0 N–H and O–H groups in total. The molecule has 0 aliphatic rings. The Labute approximate surface area is 107 Å². The van der Waals surface area contributed by atoms with E-state index >= 15 is 0 Å². The van der Waals surface area contributed by atoms with Gasteiger partial charge in [0.1, 0.15) is 5.75 Å². The molecule has 1 atom stereocenters. The lowest BCUT2D eigenvalue weighted by atomic mass is 9.89. The molecule has 18 heavy (non-hydrogen) atoms. The molecule has 2 heteroatoms. The summed E-state index contributed by atoms with van der Waals surface area (Å²) in [4.78, 5) is 0. The Morgan fingerprint density at radius 1 is 1.06 bits per heavy atom. The highest BCUT2D eigenvalue weighted by atomic mass is 16.5. The predicted octanol–water partition coefficient (Wildman–Crippen LogP) is 3.74. The van der Waals surface area contributed by atoms with Gasteiger partial charge in [-0.1, -0.05) is 42.5 Å². The molecule has 2 rings (SSSR count). The topological polar surface area (TPSA) is 33.0 Å². The standard InChI is InChI=1S/C16H15NO/c1-18-15-9-5-8-14(12-15)16(10-11-17)13-6-3-2-4-7-13/h2-9,12,16H,10H2,1H3. The van der Waals surface area contributed by atoms with Crippen molar-refractivity contribution in [3.63, 3.8) is 0 Å². The number of rotatable bonds is 4. The lowest BCUT2D eigenvalue weighted by Gasteiger charge is -2.15. The molecule has 2 aromatic rings. The summed E-state index contributed by atoms with van der Waals surface area (Å²) in [7, 11) is 1.65. The van der Waals surface area contributed by atoms with Crippen molar-refractivity contribution in [1.29, 1.82) is 5.26 Å². The van der Waals surface area contributed by atoms with Gasteiger partial charge in [-0.25, -0.2) is 0 Å². The SMILES string of the molecule is COc1cccc(C(CC#N)c2ccccc2)c1. The molecule has 0 spiro atoms. The van der Waals surface area contributed by atoms with Gasteiger partial charge in [-0.2, -0.15) is 5.26 Å². The Bertz CT molecular complexity index is 543. The van der Waals surface area contributed by atoms with Gasteiger partial charge in [-0.05, 0) is 23.3 Å². The van der Waals surface area contributed by atoms with Gasteiger partial charge in [0.05, 0.1) is 13.2 Å². The molecular formula is C16H15NO. The third-order valence-electron chi connectivity index (χ3n) is 2.99. The van der Waals surface area contributed by atoms with Gasteiger partial charge in [-0.15, -0.1) is 0 Å². The third-order valence-corrected chi connectivity index (χ3v) is 2.99. The fourth-order valence-corrected chi connectivity index (χ4v) is 2.06. The summed E-state index contributed by atoms with van der Waals surface area (Å²) in [6.45, 7) is 0. The van der Waals surface area contributed by atoms with E-state index in [-0.39, 0.29) is 5.92 Å². The number of nitriles is 1. The minimum atomic E-state index is 0.103. The van der Waals surface area contributed by atoms with E-state index in [1.54, 1.807) is 7.11 Å². The van der Waals surface area contributed by atoms with Crippen LogP contribution in [0.5, 0.6) is 5.75 Å². The van der Waals surface area contributed by atoms with Crippen molar-refractivity contribution < 1.29 is 4.74 Å². The summed E-state index contributed by atoms with van der Waals surface area (Å²) in [6, 6.07) is 20.3. The Morgan fingerprint density at radius 3 is 2.44 bits per heavy atom. The van der Waals surface area contributed by atoms with Crippen LogP contribution >= 0.6 is 0 Å². The average molecular weight is 237 g/mol. The van der Waals surface area contributed by atoms with Crippen molar-refractivity contribution in [2.75, 3.05) is 7.11 Å². The molecule has 90 valence electrons.